The Morgan fingerprint density at radius 2 is 2.06 bits per heavy atom. The van der Waals surface area contributed by atoms with Crippen LogP contribution in [0.15, 0.2) is 24.3 Å². The van der Waals surface area contributed by atoms with Crippen LogP contribution in [0, 0.1) is 0 Å². The van der Waals surface area contributed by atoms with Gasteiger partial charge in [-0.1, -0.05) is 32.9 Å². The summed E-state index contributed by atoms with van der Waals surface area (Å²) in [4.78, 5) is 0. The molecule has 0 bridgehead atoms. The number of hydrogen-bond donors (Lipinski definition) is 1. The van der Waals surface area contributed by atoms with Gasteiger partial charge in [0.05, 0.1) is 6.61 Å². The first-order valence-corrected chi connectivity index (χ1v) is 7.25. The first kappa shape index (κ1) is 15.0. The molecule has 0 aliphatic rings. The summed E-state index contributed by atoms with van der Waals surface area (Å²) in [6.07, 6.45) is 4.56. The van der Waals surface area contributed by atoms with Gasteiger partial charge in [-0.05, 0) is 49.9 Å². The zero-order chi connectivity index (χ0) is 13.2. The smallest absolute Gasteiger partial charge is 0.119 e. The molecule has 1 rings (SSSR count). The number of benzene rings is 1. The van der Waals surface area contributed by atoms with Gasteiger partial charge in [0.15, 0.2) is 0 Å². The Labute approximate surface area is 112 Å². The molecule has 1 N–H and O–H groups in total. The Morgan fingerprint density at radius 1 is 1.22 bits per heavy atom. The van der Waals surface area contributed by atoms with Crippen molar-refractivity contribution in [3.8, 4) is 5.75 Å². The maximum atomic E-state index is 5.79. The monoisotopic (exact) mass is 249 g/mol. The summed E-state index contributed by atoms with van der Waals surface area (Å²) >= 11 is 0. The number of ether oxygens (including phenoxy) is 1. The summed E-state index contributed by atoms with van der Waals surface area (Å²) in [6, 6.07) is 9.04. The number of aryl methyl sites for hydroxylation is 1. The lowest BCUT2D eigenvalue weighted by Gasteiger charge is -2.15. The van der Waals surface area contributed by atoms with Crippen LogP contribution in [0.2, 0.25) is 0 Å². The van der Waals surface area contributed by atoms with E-state index in [-0.39, 0.29) is 0 Å². The van der Waals surface area contributed by atoms with Crippen molar-refractivity contribution in [2.45, 2.75) is 52.5 Å². The number of rotatable bonds is 9. The Hall–Kier alpha value is -1.02. The molecule has 0 aliphatic carbocycles. The molecular formula is C16H27NO. The first-order valence-electron chi connectivity index (χ1n) is 7.25. The van der Waals surface area contributed by atoms with Gasteiger partial charge in [0, 0.05) is 6.04 Å². The number of nitrogens with one attached hydrogen (secondary N) is 1. The number of hydrogen-bond acceptors (Lipinski definition) is 2. The summed E-state index contributed by atoms with van der Waals surface area (Å²) in [5, 5.41) is 3.49. The van der Waals surface area contributed by atoms with E-state index in [1.165, 1.54) is 18.4 Å². The zero-order valence-electron chi connectivity index (χ0n) is 12.0. The largest absolute Gasteiger partial charge is 0.494 e. The van der Waals surface area contributed by atoms with Gasteiger partial charge in [0.1, 0.15) is 5.75 Å². The minimum atomic E-state index is 0.639. The van der Waals surface area contributed by atoms with Crippen LogP contribution in [-0.4, -0.2) is 19.2 Å². The minimum absolute atomic E-state index is 0.639. The normalized spacial score (nSPS) is 12.4. The predicted molar refractivity (Wildman–Crippen MR) is 78.3 cm³/mol. The molecule has 0 saturated heterocycles. The Morgan fingerprint density at radius 3 is 2.72 bits per heavy atom. The average molecular weight is 249 g/mol. The molecule has 0 heterocycles. The van der Waals surface area contributed by atoms with E-state index in [0.29, 0.717) is 6.04 Å². The van der Waals surface area contributed by atoms with Crippen LogP contribution in [0.25, 0.3) is 0 Å². The second-order valence-corrected chi connectivity index (χ2v) is 4.65. The van der Waals surface area contributed by atoms with E-state index in [4.69, 9.17) is 4.74 Å². The minimum Gasteiger partial charge on any atom is -0.494 e. The van der Waals surface area contributed by atoms with Gasteiger partial charge in [-0.3, -0.25) is 0 Å². The first-order chi connectivity index (χ1) is 8.80. The van der Waals surface area contributed by atoms with E-state index in [2.05, 4.69) is 44.3 Å². The zero-order valence-corrected chi connectivity index (χ0v) is 12.0. The molecule has 1 unspecified atom stereocenters. The van der Waals surface area contributed by atoms with Crippen LogP contribution in [0.1, 0.15) is 45.6 Å². The molecule has 18 heavy (non-hydrogen) atoms. The highest BCUT2D eigenvalue weighted by Crippen LogP contribution is 2.14. The fourth-order valence-corrected chi connectivity index (χ4v) is 2.11. The third-order valence-corrected chi connectivity index (χ3v) is 3.26. The van der Waals surface area contributed by atoms with Crippen molar-refractivity contribution in [1.29, 1.82) is 0 Å². The topological polar surface area (TPSA) is 21.3 Å². The lowest BCUT2D eigenvalue weighted by atomic mass is 10.1. The van der Waals surface area contributed by atoms with Crippen LogP contribution in [0.3, 0.4) is 0 Å². The van der Waals surface area contributed by atoms with E-state index in [9.17, 15) is 0 Å². The molecule has 0 radical (unpaired) electrons. The van der Waals surface area contributed by atoms with Gasteiger partial charge >= 0.3 is 0 Å². The van der Waals surface area contributed by atoms with Crippen molar-refractivity contribution in [3.05, 3.63) is 29.8 Å². The lowest BCUT2D eigenvalue weighted by molar-refractivity contribution is 0.294. The molecule has 0 fully saturated rings. The van der Waals surface area contributed by atoms with Gasteiger partial charge < -0.3 is 10.1 Å². The van der Waals surface area contributed by atoms with Gasteiger partial charge in [-0.2, -0.15) is 0 Å². The van der Waals surface area contributed by atoms with Gasteiger partial charge in [-0.25, -0.2) is 0 Å². The maximum Gasteiger partial charge on any atom is 0.119 e. The Kier molecular flexibility index (Phi) is 7.51. The maximum absolute atomic E-state index is 5.79. The molecule has 1 aromatic carbocycles. The molecule has 0 spiro atoms. The van der Waals surface area contributed by atoms with E-state index in [0.717, 1.165) is 31.7 Å². The van der Waals surface area contributed by atoms with Crippen LogP contribution in [0.4, 0.5) is 0 Å². The summed E-state index contributed by atoms with van der Waals surface area (Å²) in [7, 11) is 0. The van der Waals surface area contributed by atoms with Crippen molar-refractivity contribution in [1.82, 2.24) is 5.32 Å². The summed E-state index contributed by atoms with van der Waals surface area (Å²) < 4.78 is 5.79. The second kappa shape index (κ2) is 8.98. The van der Waals surface area contributed by atoms with E-state index >= 15 is 0 Å². The van der Waals surface area contributed by atoms with Gasteiger partial charge in [0.2, 0.25) is 0 Å². The third-order valence-electron chi connectivity index (χ3n) is 3.26. The average Bonchev–Trinajstić information content (AvgIpc) is 2.42. The lowest BCUT2D eigenvalue weighted by Crippen LogP contribution is -2.28. The van der Waals surface area contributed by atoms with Crippen LogP contribution in [-0.2, 0) is 6.42 Å². The van der Waals surface area contributed by atoms with Crippen LogP contribution in [0.5, 0.6) is 5.75 Å². The van der Waals surface area contributed by atoms with Crippen LogP contribution >= 0.6 is 0 Å². The van der Waals surface area contributed by atoms with Crippen LogP contribution < -0.4 is 10.1 Å². The fraction of sp³-hybridized carbons (Fsp3) is 0.625. The quantitative estimate of drug-likeness (QED) is 0.672. The standard InChI is InChI=1S/C16H27NO/c1-4-14-9-7-11-16(13-14)18-12-8-10-15(5-2)17-6-3/h7,9,11,13,15,17H,4-6,8,10,12H2,1-3H3. The molecule has 2 heteroatoms. The molecular weight excluding hydrogens is 222 g/mol. The highest BCUT2D eigenvalue weighted by Gasteiger charge is 2.03. The van der Waals surface area contributed by atoms with Crippen molar-refractivity contribution in [2.24, 2.45) is 0 Å². The van der Waals surface area contributed by atoms with Crippen molar-refractivity contribution >= 4 is 0 Å². The third kappa shape index (κ3) is 5.54. The summed E-state index contributed by atoms with van der Waals surface area (Å²) in [6.45, 7) is 8.43. The van der Waals surface area contributed by atoms with E-state index in [1.807, 2.05) is 6.07 Å². The molecule has 102 valence electrons. The summed E-state index contributed by atoms with van der Waals surface area (Å²) in [5.74, 6) is 1.01. The Bertz CT molecular complexity index is 325. The highest BCUT2D eigenvalue weighted by atomic mass is 16.5. The van der Waals surface area contributed by atoms with E-state index in [1.54, 1.807) is 0 Å². The molecule has 1 atom stereocenters. The van der Waals surface area contributed by atoms with Gasteiger partial charge in [0.25, 0.3) is 0 Å². The van der Waals surface area contributed by atoms with Gasteiger partial charge in [-0.15, -0.1) is 0 Å². The molecule has 1 aromatic rings. The van der Waals surface area contributed by atoms with Crippen molar-refractivity contribution in [2.75, 3.05) is 13.2 Å². The predicted octanol–water partition coefficient (Wildman–Crippen LogP) is 3.80. The Balaban J connectivity index is 2.24. The van der Waals surface area contributed by atoms with Crippen molar-refractivity contribution < 1.29 is 4.74 Å². The van der Waals surface area contributed by atoms with Crippen molar-refractivity contribution in [3.63, 3.8) is 0 Å². The molecule has 0 amide bonds. The molecule has 0 aromatic heterocycles. The summed E-state index contributed by atoms with van der Waals surface area (Å²) in [5.41, 5.74) is 1.34. The SMILES string of the molecule is CCNC(CC)CCCOc1cccc(CC)c1. The molecule has 0 aliphatic heterocycles. The highest BCUT2D eigenvalue weighted by molar-refractivity contribution is 5.28. The second-order valence-electron chi connectivity index (χ2n) is 4.65. The fourth-order valence-electron chi connectivity index (χ4n) is 2.11. The van der Waals surface area contributed by atoms with E-state index < -0.39 is 0 Å². The molecule has 2 nitrogen and oxygen atoms in total. The molecule has 0 saturated carbocycles.